The third-order valence-electron chi connectivity index (χ3n) is 6.97. The van der Waals surface area contributed by atoms with Gasteiger partial charge < -0.3 is 5.32 Å². The number of halogens is 3. The van der Waals surface area contributed by atoms with Gasteiger partial charge in [0.15, 0.2) is 0 Å². The molecule has 0 radical (unpaired) electrons. The predicted molar refractivity (Wildman–Crippen MR) is 95.8 cm³/mol. The molecule has 6 rings (SSSR count). The van der Waals surface area contributed by atoms with E-state index in [-0.39, 0.29) is 30.1 Å². The Morgan fingerprint density at radius 2 is 1.77 bits per heavy atom. The second-order valence-corrected chi connectivity index (χ2v) is 9.63. The maximum absolute atomic E-state index is 13.2. The number of carbonyl (C=O) groups is 1. The summed E-state index contributed by atoms with van der Waals surface area (Å²) in [5, 5.41) is 7.31. The van der Waals surface area contributed by atoms with E-state index in [0.717, 1.165) is 30.4 Å². The van der Waals surface area contributed by atoms with Crippen LogP contribution in [0.4, 0.5) is 8.78 Å². The number of hydrogen-bond acceptors (Lipinski definition) is 2. The molecule has 0 unspecified atom stereocenters. The van der Waals surface area contributed by atoms with Crippen LogP contribution < -0.4 is 5.32 Å². The zero-order valence-corrected chi connectivity index (χ0v) is 16.2. The third kappa shape index (κ3) is 2.90. The minimum Gasteiger partial charge on any atom is -0.351 e. The van der Waals surface area contributed by atoms with Gasteiger partial charge in [0.1, 0.15) is 12.2 Å². The number of rotatable bonds is 5. The molecule has 1 aromatic heterocycles. The summed E-state index contributed by atoms with van der Waals surface area (Å²) in [5.41, 5.74) is 0.523. The molecule has 4 bridgehead atoms. The highest BCUT2D eigenvalue weighted by Crippen LogP contribution is 2.53. The Morgan fingerprint density at radius 1 is 1.15 bits per heavy atom. The summed E-state index contributed by atoms with van der Waals surface area (Å²) >= 11 is 3.29. The van der Waals surface area contributed by atoms with Gasteiger partial charge >= 0.3 is 0 Å². The van der Waals surface area contributed by atoms with Gasteiger partial charge in [0.05, 0.1) is 10.2 Å². The first kappa shape index (κ1) is 17.1. The van der Waals surface area contributed by atoms with E-state index in [1.54, 1.807) is 0 Å². The van der Waals surface area contributed by atoms with E-state index in [2.05, 4.69) is 26.3 Å². The highest BCUT2D eigenvalue weighted by molar-refractivity contribution is 9.10. The van der Waals surface area contributed by atoms with Crippen molar-refractivity contribution in [2.45, 2.75) is 69.9 Å². The maximum atomic E-state index is 13.2. The summed E-state index contributed by atoms with van der Waals surface area (Å²) in [6.07, 6.45) is 5.69. The number of nitrogens with one attached hydrogen (secondary N) is 1. The molecule has 5 aliphatic carbocycles. The first-order chi connectivity index (χ1) is 12.5. The lowest BCUT2D eigenvalue weighted by molar-refractivity contribution is -0.125. The molecule has 5 aliphatic rings. The van der Waals surface area contributed by atoms with Crippen LogP contribution in [0.5, 0.6) is 0 Å². The molecule has 0 atom stereocenters. The van der Waals surface area contributed by atoms with Crippen LogP contribution in [0.15, 0.2) is 4.47 Å². The van der Waals surface area contributed by atoms with Gasteiger partial charge in [-0.15, -0.1) is 0 Å². The minimum atomic E-state index is -2.63. The highest BCUT2D eigenvalue weighted by atomic mass is 79.9. The summed E-state index contributed by atoms with van der Waals surface area (Å²) in [6, 6.07) is 0.272. The van der Waals surface area contributed by atoms with E-state index in [1.807, 2.05) is 0 Å². The summed E-state index contributed by atoms with van der Waals surface area (Å²) in [5.74, 6) is 3.11. The third-order valence-corrected chi connectivity index (χ3v) is 7.79. The fourth-order valence-corrected chi connectivity index (χ4v) is 6.79. The van der Waals surface area contributed by atoms with Crippen LogP contribution in [0.1, 0.15) is 68.7 Å². The molecule has 0 saturated heterocycles. The van der Waals surface area contributed by atoms with Crippen molar-refractivity contribution in [2.75, 3.05) is 0 Å². The molecule has 1 aromatic rings. The van der Waals surface area contributed by atoms with Gasteiger partial charge in [-0.05, 0) is 84.5 Å². The lowest BCUT2D eigenvalue weighted by Gasteiger charge is -2.54. The van der Waals surface area contributed by atoms with E-state index < -0.39 is 6.43 Å². The van der Waals surface area contributed by atoms with Crippen molar-refractivity contribution in [3.63, 3.8) is 0 Å². The summed E-state index contributed by atoms with van der Waals surface area (Å²) in [7, 11) is 0. The Balaban J connectivity index is 1.31. The molecule has 1 heterocycles. The first-order valence-electron chi connectivity index (χ1n) is 9.83. The Bertz CT molecular complexity index is 703. The molecule has 1 N–H and O–H groups in total. The van der Waals surface area contributed by atoms with Gasteiger partial charge in [-0.1, -0.05) is 0 Å². The Morgan fingerprint density at radius 3 is 2.31 bits per heavy atom. The molecule has 0 aliphatic heterocycles. The zero-order valence-electron chi connectivity index (χ0n) is 14.6. The number of nitrogens with zero attached hydrogens (tertiary/aromatic N) is 2. The van der Waals surface area contributed by atoms with Gasteiger partial charge in [0, 0.05) is 12.0 Å². The lowest BCUT2D eigenvalue weighted by atomic mass is 9.54. The van der Waals surface area contributed by atoms with E-state index in [4.69, 9.17) is 0 Å². The topological polar surface area (TPSA) is 46.9 Å². The molecule has 5 saturated carbocycles. The van der Waals surface area contributed by atoms with Crippen molar-refractivity contribution >= 4 is 21.8 Å². The average Bonchev–Trinajstić information content (AvgIpc) is 3.34. The zero-order chi connectivity index (χ0) is 18.0. The van der Waals surface area contributed by atoms with Gasteiger partial charge in [0.25, 0.3) is 6.43 Å². The number of carbonyl (C=O) groups excluding carboxylic acids is 1. The Hall–Kier alpha value is -0.980. The molecule has 26 heavy (non-hydrogen) atoms. The second kappa shape index (κ2) is 6.28. The van der Waals surface area contributed by atoms with E-state index in [1.165, 1.54) is 36.8 Å². The first-order valence-corrected chi connectivity index (χ1v) is 10.6. The normalized spacial score (nSPS) is 35.3. The van der Waals surface area contributed by atoms with Crippen LogP contribution in [0, 0.1) is 23.7 Å². The van der Waals surface area contributed by atoms with Crippen LogP contribution in [0.2, 0.25) is 0 Å². The van der Waals surface area contributed by atoms with Crippen LogP contribution in [0.3, 0.4) is 0 Å². The second-order valence-electron chi connectivity index (χ2n) is 8.84. The largest absolute Gasteiger partial charge is 0.351 e. The molecule has 142 valence electrons. The minimum absolute atomic E-state index is 0.0416. The lowest BCUT2D eigenvalue weighted by Crippen LogP contribution is -2.56. The average molecular weight is 428 g/mol. The molecule has 0 spiro atoms. The molecule has 5 fully saturated rings. The van der Waals surface area contributed by atoms with E-state index >= 15 is 0 Å². The number of hydrogen-bond donors (Lipinski definition) is 1. The molecular formula is C19H24BrF2N3O. The molecule has 4 nitrogen and oxygen atoms in total. The number of amides is 1. The van der Waals surface area contributed by atoms with Crippen LogP contribution in [-0.4, -0.2) is 21.7 Å². The van der Waals surface area contributed by atoms with Crippen LogP contribution in [0.25, 0.3) is 0 Å². The van der Waals surface area contributed by atoms with Gasteiger partial charge in [-0.25, -0.2) is 8.78 Å². The monoisotopic (exact) mass is 427 g/mol. The fraction of sp³-hybridized carbons (Fsp3) is 0.789. The van der Waals surface area contributed by atoms with Crippen molar-refractivity contribution in [1.29, 1.82) is 0 Å². The molecule has 1 amide bonds. The van der Waals surface area contributed by atoms with Gasteiger partial charge in [-0.2, -0.15) is 5.10 Å². The summed E-state index contributed by atoms with van der Waals surface area (Å²) in [4.78, 5) is 12.7. The smallest absolute Gasteiger partial charge is 0.283 e. The highest BCUT2D eigenvalue weighted by Gasteiger charge is 2.48. The predicted octanol–water partition coefficient (Wildman–Crippen LogP) is 4.40. The van der Waals surface area contributed by atoms with Gasteiger partial charge in [-0.3, -0.25) is 9.48 Å². The molecule has 0 aromatic carbocycles. The number of aromatic nitrogens is 2. The van der Waals surface area contributed by atoms with Gasteiger partial charge in [0.2, 0.25) is 5.91 Å². The standard InChI is InChI=1S/C19H24BrF2N3O/c20-15-17(19(21)22)24-25(18(15)11-1-2-11)8-14(26)23-16-12-4-9-3-10(6-12)7-13(16)5-9/h9-13,16,19H,1-8H2,(H,23,26). The fourth-order valence-electron chi connectivity index (χ4n) is 6.01. The van der Waals surface area contributed by atoms with E-state index in [0.29, 0.717) is 16.3 Å². The summed E-state index contributed by atoms with van der Waals surface area (Å²) in [6.45, 7) is 0.0416. The van der Waals surface area contributed by atoms with Crippen molar-refractivity contribution in [1.82, 2.24) is 15.1 Å². The van der Waals surface area contributed by atoms with Crippen molar-refractivity contribution in [3.05, 3.63) is 15.9 Å². The molecular weight excluding hydrogens is 404 g/mol. The van der Waals surface area contributed by atoms with Crippen molar-refractivity contribution in [3.8, 4) is 0 Å². The molecule has 7 heteroatoms. The Kier molecular flexibility index (Phi) is 4.14. The maximum Gasteiger partial charge on any atom is 0.283 e. The SMILES string of the molecule is O=C(Cn1nc(C(F)F)c(Br)c1C1CC1)NC1C2CC3CC(C2)CC1C3. The van der Waals surface area contributed by atoms with Crippen LogP contribution in [-0.2, 0) is 11.3 Å². The van der Waals surface area contributed by atoms with E-state index in [9.17, 15) is 13.6 Å². The Labute approximate surface area is 160 Å². The quantitative estimate of drug-likeness (QED) is 0.756. The summed E-state index contributed by atoms with van der Waals surface area (Å²) < 4.78 is 28.3. The number of alkyl halides is 2. The van der Waals surface area contributed by atoms with Crippen LogP contribution >= 0.6 is 15.9 Å². The van der Waals surface area contributed by atoms with Crippen molar-refractivity contribution in [2.24, 2.45) is 23.7 Å². The van der Waals surface area contributed by atoms with Crippen molar-refractivity contribution < 1.29 is 13.6 Å².